The predicted molar refractivity (Wildman–Crippen MR) is 54.5 cm³/mol. The van der Waals surface area contributed by atoms with Crippen LogP contribution in [0.25, 0.3) is 0 Å². The molecule has 0 spiro atoms. The third kappa shape index (κ3) is 1.77. The van der Waals surface area contributed by atoms with Crippen molar-refractivity contribution in [2.45, 2.75) is 24.8 Å². The lowest BCUT2D eigenvalue weighted by Crippen LogP contribution is -2.44. The molecule has 1 aromatic heterocycles. The lowest BCUT2D eigenvalue weighted by molar-refractivity contribution is 0.190. The SMILES string of the molecule is CN1CCNC[C@@H]1c1noc(C2CC2)n1. The second-order valence-electron chi connectivity index (χ2n) is 4.47. The van der Waals surface area contributed by atoms with E-state index in [9.17, 15) is 0 Å². The summed E-state index contributed by atoms with van der Waals surface area (Å²) in [5.74, 6) is 2.23. The molecule has 2 heterocycles. The van der Waals surface area contributed by atoms with E-state index in [4.69, 9.17) is 4.52 Å². The van der Waals surface area contributed by atoms with Crippen LogP contribution in [0.1, 0.15) is 36.5 Å². The number of rotatable bonds is 2. The lowest BCUT2D eigenvalue weighted by Gasteiger charge is -2.30. The van der Waals surface area contributed by atoms with Gasteiger partial charge in [-0.3, -0.25) is 4.90 Å². The largest absolute Gasteiger partial charge is 0.339 e. The van der Waals surface area contributed by atoms with E-state index < -0.39 is 0 Å². The number of nitrogens with zero attached hydrogens (tertiary/aromatic N) is 3. The second-order valence-corrected chi connectivity index (χ2v) is 4.47. The molecule has 1 aliphatic carbocycles. The molecule has 1 aliphatic heterocycles. The van der Waals surface area contributed by atoms with Crippen molar-refractivity contribution in [3.05, 3.63) is 11.7 Å². The summed E-state index contributed by atoms with van der Waals surface area (Å²) in [4.78, 5) is 6.76. The molecule has 15 heavy (non-hydrogen) atoms. The Morgan fingerprint density at radius 3 is 3.07 bits per heavy atom. The molecule has 3 rings (SSSR count). The van der Waals surface area contributed by atoms with Crippen LogP contribution in [0, 0.1) is 0 Å². The summed E-state index contributed by atoms with van der Waals surface area (Å²) in [5.41, 5.74) is 0. The zero-order valence-corrected chi connectivity index (χ0v) is 8.94. The van der Waals surface area contributed by atoms with E-state index in [1.807, 2.05) is 0 Å². The number of aromatic nitrogens is 2. The first-order valence-electron chi connectivity index (χ1n) is 5.59. The van der Waals surface area contributed by atoms with E-state index in [1.165, 1.54) is 12.8 Å². The van der Waals surface area contributed by atoms with Crippen molar-refractivity contribution in [3.63, 3.8) is 0 Å². The van der Waals surface area contributed by atoms with Gasteiger partial charge < -0.3 is 9.84 Å². The van der Waals surface area contributed by atoms with Crippen molar-refractivity contribution in [2.75, 3.05) is 26.7 Å². The molecule has 0 unspecified atom stereocenters. The first kappa shape index (κ1) is 9.30. The first-order chi connectivity index (χ1) is 7.34. The highest BCUT2D eigenvalue weighted by Crippen LogP contribution is 2.39. The monoisotopic (exact) mass is 208 g/mol. The van der Waals surface area contributed by atoms with Gasteiger partial charge in [-0.2, -0.15) is 4.98 Å². The molecule has 2 aliphatic rings. The number of nitrogens with one attached hydrogen (secondary N) is 1. The molecule has 2 fully saturated rings. The van der Waals surface area contributed by atoms with Crippen molar-refractivity contribution < 1.29 is 4.52 Å². The summed E-state index contributed by atoms with van der Waals surface area (Å²) >= 11 is 0. The minimum absolute atomic E-state index is 0.273. The Kier molecular flexibility index (Phi) is 2.21. The summed E-state index contributed by atoms with van der Waals surface area (Å²) in [7, 11) is 2.11. The van der Waals surface area contributed by atoms with E-state index in [-0.39, 0.29) is 6.04 Å². The molecule has 0 amide bonds. The second kappa shape index (κ2) is 3.57. The van der Waals surface area contributed by atoms with Gasteiger partial charge in [0.1, 0.15) is 0 Å². The van der Waals surface area contributed by atoms with Gasteiger partial charge in [-0.1, -0.05) is 5.16 Å². The lowest BCUT2D eigenvalue weighted by atomic mass is 10.2. The first-order valence-corrected chi connectivity index (χ1v) is 5.59. The van der Waals surface area contributed by atoms with E-state index in [0.29, 0.717) is 5.92 Å². The maximum atomic E-state index is 5.27. The molecule has 82 valence electrons. The van der Waals surface area contributed by atoms with E-state index in [1.54, 1.807) is 0 Å². The fourth-order valence-corrected chi connectivity index (χ4v) is 1.97. The molecular weight excluding hydrogens is 192 g/mol. The van der Waals surface area contributed by atoms with Gasteiger partial charge in [0.2, 0.25) is 5.89 Å². The van der Waals surface area contributed by atoms with Crippen LogP contribution >= 0.6 is 0 Å². The van der Waals surface area contributed by atoms with Crippen molar-refractivity contribution in [1.29, 1.82) is 0 Å². The third-order valence-corrected chi connectivity index (χ3v) is 3.19. The molecule has 5 heteroatoms. The standard InChI is InChI=1S/C10H16N4O/c1-14-5-4-11-6-8(14)9-12-10(15-13-9)7-2-3-7/h7-8,11H,2-6H2,1H3/t8-/m1/s1. The summed E-state index contributed by atoms with van der Waals surface area (Å²) in [6.07, 6.45) is 2.42. The zero-order valence-electron chi connectivity index (χ0n) is 8.94. The van der Waals surface area contributed by atoms with Crippen LogP contribution in [0.3, 0.4) is 0 Å². The molecule has 0 radical (unpaired) electrons. The summed E-state index contributed by atoms with van der Waals surface area (Å²) in [6.45, 7) is 3.00. The molecule has 1 N–H and O–H groups in total. The Bertz CT molecular complexity index is 347. The maximum Gasteiger partial charge on any atom is 0.229 e. The fourth-order valence-electron chi connectivity index (χ4n) is 1.97. The molecule has 1 saturated carbocycles. The summed E-state index contributed by atoms with van der Waals surface area (Å²) in [6, 6.07) is 0.273. The average molecular weight is 208 g/mol. The van der Waals surface area contributed by atoms with Crippen molar-refractivity contribution in [2.24, 2.45) is 0 Å². The van der Waals surface area contributed by atoms with Crippen LogP contribution in [0.15, 0.2) is 4.52 Å². The van der Waals surface area contributed by atoms with Crippen molar-refractivity contribution in [1.82, 2.24) is 20.4 Å². The van der Waals surface area contributed by atoms with E-state index >= 15 is 0 Å². The normalized spacial score (nSPS) is 28.2. The maximum absolute atomic E-state index is 5.27. The Morgan fingerprint density at radius 2 is 2.33 bits per heavy atom. The zero-order chi connectivity index (χ0) is 10.3. The van der Waals surface area contributed by atoms with E-state index in [2.05, 4.69) is 27.4 Å². The Morgan fingerprint density at radius 1 is 1.47 bits per heavy atom. The fraction of sp³-hybridized carbons (Fsp3) is 0.800. The highest BCUT2D eigenvalue weighted by molar-refractivity contribution is 5.05. The topological polar surface area (TPSA) is 54.2 Å². The molecule has 0 bridgehead atoms. The van der Waals surface area contributed by atoms with Crippen molar-refractivity contribution in [3.8, 4) is 0 Å². The number of piperazine rings is 1. The van der Waals surface area contributed by atoms with Crippen LogP contribution in [-0.2, 0) is 0 Å². The molecule has 1 aromatic rings. The molecule has 0 aromatic carbocycles. The quantitative estimate of drug-likeness (QED) is 0.768. The molecular formula is C10H16N4O. The van der Waals surface area contributed by atoms with E-state index in [0.717, 1.165) is 31.3 Å². The Balaban J connectivity index is 1.78. The van der Waals surface area contributed by atoms with Gasteiger partial charge in [0.05, 0.1) is 6.04 Å². The summed E-state index contributed by atoms with van der Waals surface area (Å²) in [5, 5.41) is 7.44. The highest BCUT2D eigenvalue weighted by Gasteiger charge is 2.32. The minimum atomic E-state index is 0.273. The van der Waals surface area contributed by atoms with Gasteiger partial charge in [-0.15, -0.1) is 0 Å². The highest BCUT2D eigenvalue weighted by atomic mass is 16.5. The molecule has 5 nitrogen and oxygen atoms in total. The number of likely N-dealkylation sites (N-methyl/N-ethyl adjacent to an activating group) is 1. The predicted octanol–water partition coefficient (Wildman–Crippen LogP) is 0.523. The minimum Gasteiger partial charge on any atom is -0.339 e. The summed E-state index contributed by atoms with van der Waals surface area (Å²) < 4.78 is 5.27. The molecule has 1 saturated heterocycles. The number of hydrogen-bond donors (Lipinski definition) is 1. The van der Waals surface area contributed by atoms with Crippen LogP contribution < -0.4 is 5.32 Å². The third-order valence-electron chi connectivity index (χ3n) is 3.19. The van der Waals surface area contributed by atoms with Gasteiger partial charge in [0.15, 0.2) is 5.82 Å². The number of hydrogen-bond acceptors (Lipinski definition) is 5. The van der Waals surface area contributed by atoms with Crippen LogP contribution in [-0.4, -0.2) is 41.7 Å². The Labute approximate surface area is 88.8 Å². The van der Waals surface area contributed by atoms with Crippen molar-refractivity contribution >= 4 is 0 Å². The van der Waals surface area contributed by atoms with Gasteiger partial charge in [-0.05, 0) is 19.9 Å². The van der Waals surface area contributed by atoms with Crippen LogP contribution in [0.4, 0.5) is 0 Å². The van der Waals surface area contributed by atoms with Gasteiger partial charge in [-0.25, -0.2) is 0 Å². The van der Waals surface area contributed by atoms with Gasteiger partial charge in [0, 0.05) is 25.6 Å². The Hall–Kier alpha value is -0.940. The van der Waals surface area contributed by atoms with Gasteiger partial charge in [0.25, 0.3) is 0 Å². The molecule has 1 atom stereocenters. The van der Waals surface area contributed by atoms with Gasteiger partial charge >= 0.3 is 0 Å². The van der Waals surface area contributed by atoms with Crippen LogP contribution in [0.5, 0.6) is 0 Å². The average Bonchev–Trinajstić information content (AvgIpc) is 2.99. The smallest absolute Gasteiger partial charge is 0.229 e. The van der Waals surface area contributed by atoms with Crippen LogP contribution in [0.2, 0.25) is 0 Å².